The van der Waals surface area contributed by atoms with Gasteiger partial charge in [-0.15, -0.1) is 0 Å². The number of esters is 1. The zero-order chi connectivity index (χ0) is 14.1. The largest absolute Gasteiger partial charge is 0.495 e. The Kier molecular flexibility index (Phi) is 6.71. The van der Waals surface area contributed by atoms with Crippen molar-refractivity contribution in [1.82, 2.24) is 0 Å². The smallest absolute Gasteiger partial charge is 0.338 e. The van der Waals surface area contributed by atoms with E-state index < -0.39 is 11.9 Å². The molecule has 19 heavy (non-hydrogen) atoms. The molecule has 5 heteroatoms. The first-order valence-corrected chi connectivity index (χ1v) is 6.49. The maximum absolute atomic E-state index is 10.9. The van der Waals surface area contributed by atoms with E-state index in [1.54, 1.807) is 0 Å². The number of aliphatic carboxylic acids is 1. The van der Waals surface area contributed by atoms with Crippen LogP contribution in [0.3, 0.4) is 0 Å². The summed E-state index contributed by atoms with van der Waals surface area (Å²) in [5, 5.41) is 8.57. The average molecular weight is 268 g/mol. The fourth-order valence-corrected chi connectivity index (χ4v) is 0.846. The molecule has 2 fully saturated rings. The Morgan fingerprint density at radius 1 is 1.16 bits per heavy atom. The summed E-state index contributed by atoms with van der Waals surface area (Å²) >= 11 is 0. The molecule has 0 aromatic carbocycles. The molecule has 1 N–H and O–H groups in total. The summed E-state index contributed by atoms with van der Waals surface area (Å²) in [7, 11) is 1.22. The standard InChI is InChI=1S/C8H8O5.2C3H6/c1-12-8(11)6-2-5(7(9)10)3-13-4-6;2*1-2-3-1/h2-3H,4H2,1H3,(H,9,10);2*1-3H2. The molecule has 2 aliphatic carbocycles. The summed E-state index contributed by atoms with van der Waals surface area (Å²) in [6, 6.07) is 0. The van der Waals surface area contributed by atoms with Gasteiger partial charge in [0, 0.05) is 0 Å². The topological polar surface area (TPSA) is 72.8 Å². The van der Waals surface area contributed by atoms with Crippen molar-refractivity contribution in [3.8, 4) is 0 Å². The zero-order valence-electron chi connectivity index (χ0n) is 11.2. The molecule has 2 saturated carbocycles. The Morgan fingerprint density at radius 2 is 1.68 bits per heavy atom. The minimum absolute atomic E-state index is 0.0451. The second-order valence-corrected chi connectivity index (χ2v) is 4.47. The second-order valence-electron chi connectivity index (χ2n) is 4.47. The van der Waals surface area contributed by atoms with E-state index in [9.17, 15) is 9.59 Å². The van der Waals surface area contributed by atoms with Gasteiger partial charge in [0.15, 0.2) is 0 Å². The molecule has 0 aromatic rings. The monoisotopic (exact) mass is 268 g/mol. The van der Waals surface area contributed by atoms with Gasteiger partial charge in [-0.2, -0.15) is 0 Å². The molecule has 0 radical (unpaired) electrons. The molecule has 0 saturated heterocycles. The second kappa shape index (κ2) is 8.34. The van der Waals surface area contributed by atoms with Gasteiger partial charge in [-0.1, -0.05) is 38.5 Å². The Balaban J connectivity index is 0.000000241. The van der Waals surface area contributed by atoms with Gasteiger partial charge >= 0.3 is 11.9 Å². The Hall–Kier alpha value is -1.78. The van der Waals surface area contributed by atoms with Crippen LogP contribution in [0, 0.1) is 0 Å². The lowest BCUT2D eigenvalue weighted by molar-refractivity contribution is -0.136. The van der Waals surface area contributed by atoms with Crippen LogP contribution in [0.1, 0.15) is 38.5 Å². The van der Waals surface area contributed by atoms with E-state index in [2.05, 4.69) is 4.74 Å². The first-order chi connectivity index (χ1) is 9.15. The number of ether oxygens (including phenoxy) is 2. The van der Waals surface area contributed by atoms with Gasteiger partial charge < -0.3 is 14.6 Å². The number of hydrogen-bond donors (Lipinski definition) is 1. The van der Waals surface area contributed by atoms with Gasteiger partial charge in [-0.25, -0.2) is 9.59 Å². The van der Waals surface area contributed by atoms with Crippen LogP contribution in [0.5, 0.6) is 0 Å². The van der Waals surface area contributed by atoms with Crippen molar-refractivity contribution in [2.24, 2.45) is 0 Å². The highest BCUT2D eigenvalue weighted by Crippen LogP contribution is 2.15. The van der Waals surface area contributed by atoms with Gasteiger partial charge in [-0.05, 0) is 6.08 Å². The maximum Gasteiger partial charge on any atom is 0.338 e. The molecule has 106 valence electrons. The van der Waals surface area contributed by atoms with Crippen LogP contribution in [0.25, 0.3) is 0 Å². The number of rotatable bonds is 2. The van der Waals surface area contributed by atoms with Gasteiger partial charge in [0.25, 0.3) is 0 Å². The average Bonchev–Trinajstić information content (AvgIpc) is 3.27. The first-order valence-electron chi connectivity index (χ1n) is 6.49. The van der Waals surface area contributed by atoms with E-state index in [1.807, 2.05) is 0 Å². The lowest BCUT2D eigenvalue weighted by Crippen LogP contribution is -2.15. The third-order valence-electron chi connectivity index (χ3n) is 2.18. The van der Waals surface area contributed by atoms with Crippen LogP contribution in [-0.2, 0) is 19.1 Å². The lowest BCUT2D eigenvalue weighted by Gasteiger charge is -2.10. The molecule has 3 aliphatic rings. The van der Waals surface area contributed by atoms with Crippen molar-refractivity contribution < 1.29 is 24.2 Å². The third kappa shape index (κ3) is 8.02. The number of methoxy groups -OCH3 is 1. The first kappa shape index (κ1) is 15.3. The molecular weight excluding hydrogens is 248 g/mol. The molecular formula is C14H20O5. The van der Waals surface area contributed by atoms with Crippen LogP contribution >= 0.6 is 0 Å². The predicted molar refractivity (Wildman–Crippen MR) is 69.5 cm³/mol. The fourth-order valence-electron chi connectivity index (χ4n) is 0.846. The Bertz CT molecular complexity index is 366. The molecule has 1 aliphatic heterocycles. The predicted octanol–water partition coefficient (Wildman–Crippen LogP) is 2.43. The summed E-state index contributed by atoms with van der Waals surface area (Å²) in [5.41, 5.74) is 0.133. The zero-order valence-corrected chi connectivity index (χ0v) is 11.2. The number of carboxylic acids is 1. The summed E-state index contributed by atoms with van der Waals surface area (Å²) in [6.45, 7) is 0.0451. The van der Waals surface area contributed by atoms with Crippen molar-refractivity contribution in [2.45, 2.75) is 38.5 Å². The van der Waals surface area contributed by atoms with Crippen LogP contribution < -0.4 is 0 Å². The van der Waals surface area contributed by atoms with Gasteiger partial charge in [0.05, 0.1) is 24.5 Å². The minimum atomic E-state index is -1.14. The third-order valence-corrected chi connectivity index (χ3v) is 2.18. The quantitative estimate of drug-likeness (QED) is 0.779. The van der Waals surface area contributed by atoms with Crippen LogP contribution in [0.15, 0.2) is 23.5 Å². The van der Waals surface area contributed by atoms with E-state index in [-0.39, 0.29) is 17.8 Å². The highest BCUT2D eigenvalue weighted by molar-refractivity contribution is 5.95. The van der Waals surface area contributed by atoms with Gasteiger partial charge in [0.2, 0.25) is 0 Å². The summed E-state index contributed by atoms with van der Waals surface area (Å²) in [6.07, 6.45) is 11.3. The minimum Gasteiger partial charge on any atom is -0.495 e. The molecule has 0 amide bonds. The molecule has 1 heterocycles. The lowest BCUT2D eigenvalue weighted by atomic mass is 10.1. The van der Waals surface area contributed by atoms with E-state index in [4.69, 9.17) is 9.84 Å². The molecule has 0 bridgehead atoms. The van der Waals surface area contributed by atoms with Gasteiger partial charge in [-0.3, -0.25) is 0 Å². The number of carbonyl (C=O) groups is 2. The van der Waals surface area contributed by atoms with Crippen LogP contribution in [0.4, 0.5) is 0 Å². The number of hydrogen-bond acceptors (Lipinski definition) is 4. The molecule has 0 aromatic heterocycles. The maximum atomic E-state index is 10.9. The number of carboxylic acid groups (broad SMARTS) is 1. The van der Waals surface area contributed by atoms with Crippen molar-refractivity contribution in [1.29, 1.82) is 0 Å². The molecule has 5 nitrogen and oxygen atoms in total. The van der Waals surface area contributed by atoms with Gasteiger partial charge in [0.1, 0.15) is 6.61 Å². The van der Waals surface area contributed by atoms with E-state index >= 15 is 0 Å². The molecule has 0 spiro atoms. The highest BCUT2D eigenvalue weighted by atomic mass is 16.5. The van der Waals surface area contributed by atoms with E-state index in [0.717, 1.165) is 6.26 Å². The summed E-state index contributed by atoms with van der Waals surface area (Å²) in [5.74, 6) is -1.71. The Labute approximate surface area is 112 Å². The summed E-state index contributed by atoms with van der Waals surface area (Å²) < 4.78 is 9.18. The van der Waals surface area contributed by atoms with E-state index in [1.165, 1.54) is 51.7 Å². The normalized spacial score (nSPS) is 17.9. The SMILES string of the molecule is C1CC1.C1CC1.COC(=O)C1=CC(C(=O)O)=COC1. The number of carbonyl (C=O) groups excluding carboxylic acids is 1. The van der Waals surface area contributed by atoms with Crippen molar-refractivity contribution >= 4 is 11.9 Å². The van der Waals surface area contributed by atoms with E-state index in [0.29, 0.717) is 0 Å². The molecule has 0 atom stereocenters. The fraction of sp³-hybridized carbons (Fsp3) is 0.571. The molecule has 3 rings (SSSR count). The van der Waals surface area contributed by atoms with Crippen LogP contribution in [0.2, 0.25) is 0 Å². The van der Waals surface area contributed by atoms with Crippen LogP contribution in [-0.4, -0.2) is 30.8 Å². The van der Waals surface area contributed by atoms with Crippen molar-refractivity contribution in [3.63, 3.8) is 0 Å². The highest BCUT2D eigenvalue weighted by Gasteiger charge is 2.17. The van der Waals surface area contributed by atoms with Crippen molar-refractivity contribution in [2.75, 3.05) is 13.7 Å². The Morgan fingerprint density at radius 3 is 2.05 bits per heavy atom. The molecule has 0 unspecified atom stereocenters. The summed E-state index contributed by atoms with van der Waals surface area (Å²) in [4.78, 5) is 21.4. The van der Waals surface area contributed by atoms with Crippen molar-refractivity contribution in [3.05, 3.63) is 23.5 Å².